The molecule has 0 N–H and O–H groups in total. The Bertz CT molecular complexity index is 1780. The fourth-order valence-corrected chi connectivity index (χ4v) is 5.68. The van der Waals surface area contributed by atoms with Crippen LogP contribution in [-0.2, 0) is 11.2 Å². The number of hydrogen-bond acceptors (Lipinski definition) is 7. The molecular weight excluding hydrogens is 542 g/mol. The molecule has 6 rings (SSSR count). The molecule has 11 heteroatoms. The third kappa shape index (κ3) is 4.68. The van der Waals surface area contributed by atoms with Crippen molar-refractivity contribution in [2.45, 2.75) is 32.6 Å². The number of halogens is 2. The molecule has 42 heavy (non-hydrogen) atoms. The second-order valence-corrected chi connectivity index (χ2v) is 10.7. The van der Waals surface area contributed by atoms with E-state index < -0.39 is 17.3 Å². The molecule has 1 amide bonds. The van der Waals surface area contributed by atoms with E-state index in [1.165, 1.54) is 28.8 Å². The van der Waals surface area contributed by atoms with Gasteiger partial charge < -0.3 is 14.5 Å². The van der Waals surface area contributed by atoms with E-state index in [4.69, 9.17) is 4.74 Å². The third-order valence-electron chi connectivity index (χ3n) is 7.73. The zero-order valence-electron chi connectivity index (χ0n) is 23.4. The smallest absolute Gasteiger partial charge is 0.355 e. The number of ether oxygens (including phenoxy) is 1. The maximum Gasteiger partial charge on any atom is 0.355 e. The number of rotatable bonds is 3. The lowest BCUT2D eigenvalue weighted by Crippen LogP contribution is -2.49. The maximum atomic E-state index is 16.0. The maximum absolute atomic E-state index is 16.0. The highest BCUT2D eigenvalue weighted by Gasteiger charge is 2.29. The van der Waals surface area contributed by atoms with E-state index in [0.717, 1.165) is 5.56 Å². The largest absolute Gasteiger partial charge is 0.493 e. The molecule has 2 aliphatic heterocycles. The number of hydrogen-bond donors (Lipinski definition) is 0. The van der Waals surface area contributed by atoms with Crippen LogP contribution in [0.25, 0.3) is 28.0 Å². The van der Waals surface area contributed by atoms with Gasteiger partial charge in [0, 0.05) is 32.4 Å². The van der Waals surface area contributed by atoms with Crippen LogP contribution in [0.2, 0.25) is 0 Å². The number of pyridine rings is 2. The first-order chi connectivity index (χ1) is 20.3. The molecule has 216 valence electrons. The molecule has 9 nitrogen and oxygen atoms in total. The lowest BCUT2D eigenvalue weighted by Gasteiger charge is -2.35. The number of aryl methyl sites for hydroxylation is 1. The molecule has 0 aliphatic carbocycles. The van der Waals surface area contributed by atoms with Gasteiger partial charge in [-0.1, -0.05) is 26.5 Å². The summed E-state index contributed by atoms with van der Waals surface area (Å²) in [5.74, 6) is -1.28. The van der Waals surface area contributed by atoms with Crippen LogP contribution < -0.4 is 15.3 Å². The van der Waals surface area contributed by atoms with Crippen LogP contribution >= 0.6 is 0 Å². The Morgan fingerprint density at radius 3 is 2.62 bits per heavy atom. The van der Waals surface area contributed by atoms with E-state index in [2.05, 4.69) is 21.5 Å². The molecule has 1 aromatic carbocycles. The minimum absolute atomic E-state index is 0.0562. The van der Waals surface area contributed by atoms with E-state index in [-0.39, 0.29) is 46.9 Å². The highest BCUT2D eigenvalue weighted by molar-refractivity contribution is 5.91. The van der Waals surface area contributed by atoms with Crippen molar-refractivity contribution in [1.82, 2.24) is 24.4 Å². The van der Waals surface area contributed by atoms with E-state index >= 15 is 8.78 Å². The van der Waals surface area contributed by atoms with Crippen LogP contribution in [0.3, 0.4) is 0 Å². The van der Waals surface area contributed by atoms with Gasteiger partial charge in [-0.3, -0.25) is 9.78 Å². The first-order valence-corrected chi connectivity index (χ1v) is 14.0. The molecule has 0 saturated carbocycles. The van der Waals surface area contributed by atoms with Crippen molar-refractivity contribution in [3.05, 3.63) is 82.6 Å². The van der Waals surface area contributed by atoms with Crippen molar-refractivity contribution < 1.29 is 18.3 Å². The Labute approximate surface area is 241 Å². The molecule has 1 fully saturated rings. The highest BCUT2D eigenvalue weighted by Crippen LogP contribution is 2.37. The Morgan fingerprint density at radius 2 is 1.88 bits per heavy atom. The van der Waals surface area contributed by atoms with Gasteiger partial charge >= 0.3 is 5.69 Å². The van der Waals surface area contributed by atoms with E-state index in [1.807, 2.05) is 24.8 Å². The van der Waals surface area contributed by atoms with Crippen molar-refractivity contribution in [2.75, 3.05) is 37.7 Å². The molecule has 0 unspecified atom stereocenters. The Morgan fingerprint density at radius 1 is 1.10 bits per heavy atom. The van der Waals surface area contributed by atoms with Crippen LogP contribution in [-0.4, -0.2) is 63.1 Å². The zero-order valence-corrected chi connectivity index (χ0v) is 23.4. The Balaban J connectivity index is 1.66. The van der Waals surface area contributed by atoms with Gasteiger partial charge in [0.1, 0.15) is 23.1 Å². The zero-order chi connectivity index (χ0) is 29.5. The predicted molar refractivity (Wildman–Crippen MR) is 155 cm³/mol. The quantitative estimate of drug-likeness (QED) is 0.336. The molecule has 2 aliphatic rings. The predicted octanol–water partition coefficient (Wildman–Crippen LogP) is 4.40. The van der Waals surface area contributed by atoms with Gasteiger partial charge in [0.15, 0.2) is 11.5 Å². The summed E-state index contributed by atoms with van der Waals surface area (Å²) in [6.45, 7) is 9.25. The molecule has 0 radical (unpaired) electrons. The number of piperazine rings is 1. The average Bonchev–Trinajstić information content (AvgIpc) is 2.98. The van der Waals surface area contributed by atoms with Gasteiger partial charge in [-0.2, -0.15) is 4.98 Å². The summed E-state index contributed by atoms with van der Waals surface area (Å²) in [6, 6.07) is 7.42. The van der Waals surface area contributed by atoms with Crippen molar-refractivity contribution in [3.8, 4) is 22.7 Å². The molecule has 1 saturated heterocycles. The lowest BCUT2D eigenvalue weighted by atomic mass is 10.0. The van der Waals surface area contributed by atoms with Crippen molar-refractivity contribution in [1.29, 1.82) is 0 Å². The average molecular weight is 573 g/mol. The monoisotopic (exact) mass is 572 g/mol. The summed E-state index contributed by atoms with van der Waals surface area (Å²) < 4.78 is 38.6. The third-order valence-corrected chi connectivity index (χ3v) is 7.73. The van der Waals surface area contributed by atoms with Crippen molar-refractivity contribution in [3.63, 3.8) is 0 Å². The van der Waals surface area contributed by atoms with Crippen LogP contribution in [0.4, 0.5) is 14.6 Å². The fourth-order valence-electron chi connectivity index (χ4n) is 5.68. The second kappa shape index (κ2) is 11.0. The topological polar surface area (TPSA) is 93.5 Å². The number of amides is 1. The molecule has 0 atom stereocenters. The first-order valence-electron chi connectivity index (χ1n) is 14.0. The molecular formula is C31H30F2N6O3. The van der Waals surface area contributed by atoms with E-state index in [1.54, 1.807) is 17.2 Å². The number of anilines is 1. The van der Waals surface area contributed by atoms with Crippen molar-refractivity contribution in [2.24, 2.45) is 0 Å². The summed E-state index contributed by atoms with van der Waals surface area (Å²) >= 11 is 0. The number of carbonyl (C=O) groups excluding carboxylic acids is 1. The highest BCUT2D eigenvalue weighted by atomic mass is 19.1. The van der Waals surface area contributed by atoms with Gasteiger partial charge in [-0.15, -0.1) is 0 Å². The molecule has 4 aromatic rings. The van der Waals surface area contributed by atoms with Crippen LogP contribution in [0.15, 0.2) is 54.0 Å². The van der Waals surface area contributed by atoms with Crippen molar-refractivity contribution >= 4 is 22.8 Å². The van der Waals surface area contributed by atoms with E-state index in [0.29, 0.717) is 55.8 Å². The summed E-state index contributed by atoms with van der Waals surface area (Å²) in [5, 5.41) is 0.291. The summed E-state index contributed by atoms with van der Waals surface area (Å²) in [6.07, 6.45) is 4.08. The van der Waals surface area contributed by atoms with Gasteiger partial charge in [-0.25, -0.2) is 23.1 Å². The van der Waals surface area contributed by atoms with Crippen LogP contribution in [0, 0.1) is 11.6 Å². The summed E-state index contributed by atoms with van der Waals surface area (Å²) in [4.78, 5) is 43.4. The molecule has 2 bridgehead atoms. The number of carbonyl (C=O) groups is 1. The Kier molecular flexibility index (Phi) is 7.17. The fraction of sp³-hybridized carbons (Fsp3) is 0.323. The number of aromatic nitrogens is 4. The van der Waals surface area contributed by atoms with E-state index in [9.17, 15) is 9.59 Å². The standard InChI is InChI=1S/C31H30F2N6O3/c1-4-24(40)37-12-14-38(15-13-37)29-20-17-22(33)27-25-21(32)8-5-9-23(25)42-16-6-7-19-10-11-34-26(18(2)3)28(19)39(30(20)35-27)31(41)36-29/h4-5,8-11,17-18H,1,6-7,12-16H2,2-3H3. The van der Waals surface area contributed by atoms with Gasteiger partial charge in [0.25, 0.3) is 0 Å². The minimum Gasteiger partial charge on any atom is -0.493 e. The second-order valence-electron chi connectivity index (χ2n) is 10.7. The molecule has 3 aromatic heterocycles. The summed E-state index contributed by atoms with van der Waals surface area (Å²) in [7, 11) is 0. The number of nitrogens with zero attached hydrogens (tertiary/aromatic N) is 6. The van der Waals surface area contributed by atoms with Crippen LogP contribution in [0.5, 0.6) is 5.75 Å². The summed E-state index contributed by atoms with van der Waals surface area (Å²) in [5.41, 5.74) is 1.21. The van der Waals surface area contributed by atoms with Gasteiger partial charge in [0.2, 0.25) is 5.91 Å². The number of fused-ring (bicyclic) bond motifs is 5. The van der Waals surface area contributed by atoms with Gasteiger partial charge in [-0.05, 0) is 54.7 Å². The van der Waals surface area contributed by atoms with Gasteiger partial charge in [0.05, 0.1) is 28.9 Å². The number of benzene rings is 1. The SMILES string of the molecule is C=CC(=O)N1CCN(c2nc(=O)n3c4nc(c(F)cc24)-c2c(F)cccc2OCCCc2ccnc(C(C)C)c2-3)CC1. The lowest BCUT2D eigenvalue weighted by molar-refractivity contribution is -0.126. The Hall–Kier alpha value is -4.67. The first kappa shape index (κ1) is 27.5. The minimum atomic E-state index is -0.779. The molecule has 5 heterocycles. The normalized spacial score (nSPS) is 15.1. The molecule has 0 spiro atoms. The van der Waals surface area contributed by atoms with Crippen LogP contribution in [0.1, 0.15) is 37.4 Å².